The van der Waals surface area contributed by atoms with Crippen LogP contribution in [0.3, 0.4) is 0 Å². The summed E-state index contributed by atoms with van der Waals surface area (Å²) in [5.41, 5.74) is -0.267. The van der Waals surface area contributed by atoms with Crippen molar-refractivity contribution in [3.63, 3.8) is 0 Å². The predicted octanol–water partition coefficient (Wildman–Crippen LogP) is 3.29. The van der Waals surface area contributed by atoms with Crippen molar-refractivity contribution in [2.24, 2.45) is 0 Å². The molecule has 0 aliphatic heterocycles. The quantitative estimate of drug-likeness (QED) is 0.727. The first kappa shape index (κ1) is 18.3. The number of anilines is 1. The number of aryl methyl sites for hydroxylation is 1. The molecule has 0 aliphatic rings. The van der Waals surface area contributed by atoms with E-state index in [1.807, 2.05) is 6.07 Å². The van der Waals surface area contributed by atoms with Gasteiger partial charge in [0.15, 0.2) is 0 Å². The van der Waals surface area contributed by atoms with Crippen LogP contribution in [0.2, 0.25) is 0 Å². The van der Waals surface area contributed by atoms with Crippen molar-refractivity contribution in [1.82, 2.24) is 4.57 Å². The zero-order valence-corrected chi connectivity index (χ0v) is 14.4. The van der Waals surface area contributed by atoms with E-state index in [1.165, 1.54) is 12.3 Å². The SMILES string of the molecule is O=C(Cc1ccccc1)Nc1ccn(CC[C@H](F)CBr)c(=O)c1F. The van der Waals surface area contributed by atoms with Crippen LogP contribution in [-0.4, -0.2) is 22.0 Å². The van der Waals surface area contributed by atoms with Gasteiger partial charge in [0.25, 0.3) is 5.56 Å². The second-order valence-electron chi connectivity index (χ2n) is 5.29. The molecule has 24 heavy (non-hydrogen) atoms. The van der Waals surface area contributed by atoms with Gasteiger partial charge in [-0.3, -0.25) is 9.59 Å². The largest absolute Gasteiger partial charge is 0.323 e. The number of carbonyl (C=O) groups excluding carboxylic acids is 1. The van der Waals surface area contributed by atoms with Crippen LogP contribution >= 0.6 is 15.9 Å². The summed E-state index contributed by atoms with van der Waals surface area (Å²) in [4.78, 5) is 23.9. The minimum Gasteiger partial charge on any atom is -0.323 e. The number of halogens is 3. The molecular weight excluding hydrogens is 382 g/mol. The average molecular weight is 399 g/mol. The molecule has 4 nitrogen and oxygen atoms in total. The predicted molar refractivity (Wildman–Crippen MR) is 92.7 cm³/mol. The Morgan fingerprint density at radius 1 is 1.25 bits per heavy atom. The van der Waals surface area contributed by atoms with E-state index in [0.29, 0.717) is 0 Å². The summed E-state index contributed by atoms with van der Waals surface area (Å²) < 4.78 is 28.4. The minimum absolute atomic E-state index is 0.0702. The summed E-state index contributed by atoms with van der Waals surface area (Å²) in [6.45, 7) is 0.0702. The molecule has 1 atom stereocenters. The molecule has 1 heterocycles. The van der Waals surface area contributed by atoms with E-state index in [-0.39, 0.29) is 30.4 Å². The zero-order chi connectivity index (χ0) is 17.5. The number of nitrogens with one attached hydrogen (secondary N) is 1. The van der Waals surface area contributed by atoms with E-state index >= 15 is 0 Å². The Kier molecular flexibility index (Phi) is 6.66. The van der Waals surface area contributed by atoms with Crippen molar-refractivity contribution < 1.29 is 13.6 Å². The summed E-state index contributed by atoms with van der Waals surface area (Å²) in [5.74, 6) is -1.46. The van der Waals surface area contributed by atoms with Crippen LogP contribution < -0.4 is 10.9 Å². The molecule has 0 saturated carbocycles. The van der Waals surface area contributed by atoms with Gasteiger partial charge in [0.2, 0.25) is 11.7 Å². The molecule has 128 valence electrons. The van der Waals surface area contributed by atoms with Gasteiger partial charge in [-0.05, 0) is 18.1 Å². The first-order valence-corrected chi connectivity index (χ1v) is 8.56. The van der Waals surface area contributed by atoms with Crippen LogP contribution in [0.5, 0.6) is 0 Å². The Balaban J connectivity index is 2.05. The van der Waals surface area contributed by atoms with Crippen LogP contribution in [0.1, 0.15) is 12.0 Å². The smallest absolute Gasteiger partial charge is 0.288 e. The molecule has 0 saturated heterocycles. The van der Waals surface area contributed by atoms with Crippen molar-refractivity contribution in [2.45, 2.75) is 25.6 Å². The number of carbonyl (C=O) groups is 1. The number of benzene rings is 1. The van der Waals surface area contributed by atoms with E-state index in [2.05, 4.69) is 21.2 Å². The number of rotatable bonds is 7. The zero-order valence-electron chi connectivity index (χ0n) is 12.8. The van der Waals surface area contributed by atoms with E-state index < -0.39 is 23.5 Å². The topological polar surface area (TPSA) is 51.1 Å². The Labute approximate surface area is 146 Å². The molecular formula is C17H17BrF2N2O2. The van der Waals surface area contributed by atoms with E-state index in [9.17, 15) is 18.4 Å². The lowest BCUT2D eigenvalue weighted by atomic mass is 10.1. The third kappa shape index (κ3) is 4.99. The molecule has 0 unspecified atom stereocenters. The van der Waals surface area contributed by atoms with Crippen LogP contribution in [0, 0.1) is 5.82 Å². The summed E-state index contributed by atoms with van der Waals surface area (Å²) in [5, 5.41) is 2.56. The highest BCUT2D eigenvalue weighted by Gasteiger charge is 2.13. The molecule has 0 radical (unpaired) electrons. The highest BCUT2D eigenvalue weighted by molar-refractivity contribution is 9.09. The average Bonchev–Trinajstić information content (AvgIpc) is 2.59. The Morgan fingerprint density at radius 3 is 2.62 bits per heavy atom. The first-order chi connectivity index (χ1) is 11.5. The molecule has 7 heteroatoms. The number of aromatic nitrogens is 1. The fraction of sp³-hybridized carbons (Fsp3) is 0.294. The standard InChI is InChI=1S/C17H17BrF2N2O2/c18-11-13(19)6-8-22-9-7-14(16(20)17(22)24)21-15(23)10-12-4-2-1-3-5-12/h1-5,7,9,13H,6,8,10-11H2,(H,21,23)/t13-/m0/s1. The summed E-state index contributed by atoms with van der Waals surface area (Å²) in [7, 11) is 0. The Morgan fingerprint density at radius 2 is 1.96 bits per heavy atom. The van der Waals surface area contributed by atoms with Crippen LogP contribution in [0.25, 0.3) is 0 Å². The first-order valence-electron chi connectivity index (χ1n) is 7.44. The second-order valence-corrected chi connectivity index (χ2v) is 5.94. The molecule has 1 N–H and O–H groups in total. The monoisotopic (exact) mass is 398 g/mol. The molecule has 2 rings (SSSR count). The molecule has 2 aromatic rings. The van der Waals surface area contributed by atoms with Crippen molar-refractivity contribution in [3.05, 3.63) is 64.3 Å². The Hall–Kier alpha value is -2.02. The van der Waals surface area contributed by atoms with Gasteiger partial charge in [-0.2, -0.15) is 4.39 Å². The van der Waals surface area contributed by atoms with Crippen molar-refractivity contribution >= 4 is 27.5 Å². The maximum Gasteiger partial charge on any atom is 0.288 e. The lowest BCUT2D eigenvalue weighted by molar-refractivity contribution is -0.115. The fourth-order valence-electron chi connectivity index (χ4n) is 2.15. The summed E-state index contributed by atoms with van der Waals surface area (Å²) in [6.07, 6.45) is 0.428. The molecule has 1 aromatic heterocycles. The van der Waals surface area contributed by atoms with Gasteiger partial charge in [0.05, 0.1) is 12.1 Å². The number of hydrogen-bond donors (Lipinski definition) is 1. The number of pyridine rings is 1. The normalized spacial score (nSPS) is 12.0. The third-order valence-electron chi connectivity index (χ3n) is 3.44. The van der Waals surface area contributed by atoms with Crippen molar-refractivity contribution in [1.29, 1.82) is 0 Å². The maximum absolute atomic E-state index is 14.1. The van der Waals surface area contributed by atoms with Gasteiger partial charge >= 0.3 is 0 Å². The van der Waals surface area contributed by atoms with Crippen LogP contribution in [0.4, 0.5) is 14.5 Å². The Bertz CT molecular complexity index is 750. The lowest BCUT2D eigenvalue weighted by Crippen LogP contribution is -2.26. The lowest BCUT2D eigenvalue weighted by Gasteiger charge is -2.11. The number of amides is 1. The van der Waals surface area contributed by atoms with Gasteiger partial charge in [-0.15, -0.1) is 0 Å². The highest BCUT2D eigenvalue weighted by atomic mass is 79.9. The summed E-state index contributed by atoms with van der Waals surface area (Å²) in [6, 6.07) is 10.3. The molecule has 0 spiro atoms. The van der Waals surface area contributed by atoms with Crippen molar-refractivity contribution in [3.8, 4) is 0 Å². The molecule has 1 aromatic carbocycles. The maximum atomic E-state index is 14.1. The van der Waals surface area contributed by atoms with Gasteiger partial charge in [0, 0.05) is 18.1 Å². The molecule has 0 aliphatic carbocycles. The molecule has 0 bridgehead atoms. The van der Waals surface area contributed by atoms with Gasteiger partial charge in [-0.1, -0.05) is 46.3 Å². The van der Waals surface area contributed by atoms with Crippen LogP contribution in [0.15, 0.2) is 47.4 Å². The van der Waals surface area contributed by atoms with Crippen LogP contribution in [-0.2, 0) is 17.8 Å². The van der Waals surface area contributed by atoms with Gasteiger partial charge in [0.1, 0.15) is 6.17 Å². The van der Waals surface area contributed by atoms with Gasteiger partial charge < -0.3 is 9.88 Å². The number of nitrogens with zero attached hydrogens (tertiary/aromatic N) is 1. The number of hydrogen-bond acceptors (Lipinski definition) is 2. The minimum atomic E-state index is -1.11. The van der Waals surface area contributed by atoms with Crippen molar-refractivity contribution in [2.75, 3.05) is 10.6 Å². The van der Waals surface area contributed by atoms with E-state index in [0.717, 1.165) is 10.1 Å². The second kappa shape index (κ2) is 8.73. The highest BCUT2D eigenvalue weighted by Crippen LogP contribution is 2.11. The van der Waals surface area contributed by atoms with E-state index in [4.69, 9.17) is 0 Å². The molecule has 1 amide bonds. The van der Waals surface area contributed by atoms with Gasteiger partial charge in [-0.25, -0.2) is 4.39 Å². The summed E-state index contributed by atoms with van der Waals surface area (Å²) >= 11 is 3.00. The van der Waals surface area contributed by atoms with E-state index in [1.54, 1.807) is 24.3 Å². The third-order valence-corrected chi connectivity index (χ3v) is 4.14. The number of alkyl halides is 2. The fourth-order valence-corrected chi connectivity index (χ4v) is 2.47. The molecule has 0 fully saturated rings.